The van der Waals surface area contributed by atoms with E-state index in [9.17, 15) is 9.59 Å². The molecule has 7 nitrogen and oxygen atoms in total. The first-order valence-electron chi connectivity index (χ1n) is 6.28. The molecule has 0 aliphatic heterocycles. The van der Waals surface area contributed by atoms with Crippen LogP contribution in [-0.4, -0.2) is 38.0 Å². The van der Waals surface area contributed by atoms with Gasteiger partial charge in [0.25, 0.3) is 0 Å². The van der Waals surface area contributed by atoms with E-state index in [2.05, 4.69) is 29.5 Å². The maximum atomic E-state index is 11.8. The van der Waals surface area contributed by atoms with E-state index in [1.54, 1.807) is 0 Å². The highest BCUT2D eigenvalue weighted by Gasteiger charge is 2.31. The molecule has 0 spiro atoms. The topological polar surface area (TPSA) is 97.1 Å². The molecule has 2 rings (SSSR count). The van der Waals surface area contributed by atoms with Gasteiger partial charge in [-0.05, 0) is 24.7 Å². The minimum absolute atomic E-state index is 0.00277. The normalized spacial score (nSPS) is 21.3. The number of carboxylic acids is 1. The fraction of sp³-hybridized carbons (Fsp3) is 0.667. The van der Waals surface area contributed by atoms with Gasteiger partial charge in [0.1, 0.15) is 6.54 Å². The number of aromatic nitrogens is 3. The molecule has 2 N–H and O–H groups in total. The van der Waals surface area contributed by atoms with Crippen molar-refractivity contribution in [2.24, 2.45) is 5.41 Å². The van der Waals surface area contributed by atoms with Crippen LogP contribution in [0.3, 0.4) is 0 Å². The SMILES string of the molecule is CC1(C)CCC(NC(=O)Cn2cc(C(=O)O)nn2)C1. The second kappa shape index (κ2) is 4.99. The number of aromatic carboxylic acids is 1. The van der Waals surface area contributed by atoms with Gasteiger partial charge in [-0.15, -0.1) is 5.10 Å². The molecule has 1 amide bonds. The van der Waals surface area contributed by atoms with Crippen molar-refractivity contribution in [1.29, 1.82) is 0 Å². The van der Waals surface area contributed by atoms with Crippen molar-refractivity contribution in [3.05, 3.63) is 11.9 Å². The van der Waals surface area contributed by atoms with E-state index in [1.807, 2.05) is 0 Å². The predicted octanol–water partition coefficient (Wildman–Crippen LogP) is 0.671. The molecule has 19 heavy (non-hydrogen) atoms. The first-order valence-corrected chi connectivity index (χ1v) is 6.28. The van der Waals surface area contributed by atoms with Gasteiger partial charge in [0.15, 0.2) is 5.69 Å². The van der Waals surface area contributed by atoms with Crippen molar-refractivity contribution < 1.29 is 14.7 Å². The van der Waals surface area contributed by atoms with Gasteiger partial charge in [-0.1, -0.05) is 19.1 Å². The van der Waals surface area contributed by atoms with Crippen LogP contribution in [0.2, 0.25) is 0 Å². The lowest BCUT2D eigenvalue weighted by Gasteiger charge is -2.17. The van der Waals surface area contributed by atoms with Gasteiger partial charge in [0.05, 0.1) is 6.20 Å². The molecule has 1 aromatic rings. The molecule has 1 aliphatic rings. The summed E-state index contributed by atoms with van der Waals surface area (Å²) in [5.41, 5.74) is 0.122. The molecule has 1 heterocycles. The second-order valence-corrected chi connectivity index (χ2v) is 5.78. The zero-order valence-electron chi connectivity index (χ0n) is 11.1. The Balaban J connectivity index is 1.86. The number of carboxylic acid groups (broad SMARTS) is 1. The lowest BCUT2D eigenvalue weighted by molar-refractivity contribution is -0.122. The van der Waals surface area contributed by atoms with Gasteiger partial charge < -0.3 is 10.4 Å². The number of hydrogen-bond donors (Lipinski definition) is 2. The molecule has 7 heteroatoms. The maximum absolute atomic E-state index is 11.8. The molecule has 1 aromatic heterocycles. The van der Waals surface area contributed by atoms with Crippen LogP contribution in [0, 0.1) is 5.41 Å². The van der Waals surface area contributed by atoms with Crippen LogP contribution in [0.15, 0.2) is 6.20 Å². The third-order valence-corrected chi connectivity index (χ3v) is 3.40. The maximum Gasteiger partial charge on any atom is 0.358 e. The average Bonchev–Trinajstić information content (AvgIpc) is 2.85. The molecular formula is C12H18N4O3. The summed E-state index contributed by atoms with van der Waals surface area (Å²) < 4.78 is 1.24. The van der Waals surface area contributed by atoms with Crippen molar-refractivity contribution in [2.45, 2.75) is 45.7 Å². The van der Waals surface area contributed by atoms with Crippen molar-refractivity contribution in [2.75, 3.05) is 0 Å². The summed E-state index contributed by atoms with van der Waals surface area (Å²) in [6.07, 6.45) is 4.30. The number of carbonyl (C=O) groups excluding carboxylic acids is 1. The van der Waals surface area contributed by atoms with E-state index in [4.69, 9.17) is 5.11 Å². The van der Waals surface area contributed by atoms with Gasteiger partial charge >= 0.3 is 5.97 Å². The summed E-state index contributed by atoms with van der Waals surface area (Å²) in [6, 6.07) is 0.199. The first kappa shape index (κ1) is 13.5. The van der Waals surface area contributed by atoms with E-state index >= 15 is 0 Å². The Morgan fingerprint density at radius 3 is 2.84 bits per heavy atom. The summed E-state index contributed by atoms with van der Waals surface area (Å²) in [5, 5.41) is 18.7. The third kappa shape index (κ3) is 3.52. The van der Waals surface area contributed by atoms with Crippen molar-refractivity contribution in [1.82, 2.24) is 20.3 Å². The van der Waals surface area contributed by atoms with Gasteiger partial charge in [-0.3, -0.25) is 4.79 Å². The second-order valence-electron chi connectivity index (χ2n) is 5.78. The van der Waals surface area contributed by atoms with Crippen LogP contribution >= 0.6 is 0 Å². The molecule has 0 radical (unpaired) electrons. The van der Waals surface area contributed by atoms with Gasteiger partial charge in [-0.2, -0.15) is 0 Å². The largest absolute Gasteiger partial charge is 0.476 e. The smallest absolute Gasteiger partial charge is 0.358 e. The Bertz CT molecular complexity index is 495. The number of nitrogens with one attached hydrogen (secondary N) is 1. The van der Waals surface area contributed by atoms with Crippen LogP contribution in [0.1, 0.15) is 43.6 Å². The van der Waals surface area contributed by atoms with Crippen LogP contribution < -0.4 is 5.32 Å². The third-order valence-electron chi connectivity index (χ3n) is 3.40. The molecule has 1 saturated carbocycles. The molecule has 1 fully saturated rings. The van der Waals surface area contributed by atoms with Crippen molar-refractivity contribution >= 4 is 11.9 Å². The van der Waals surface area contributed by atoms with E-state index < -0.39 is 5.97 Å². The molecule has 1 atom stereocenters. The number of carbonyl (C=O) groups is 2. The highest BCUT2D eigenvalue weighted by Crippen LogP contribution is 2.36. The minimum atomic E-state index is -1.15. The fourth-order valence-electron chi connectivity index (χ4n) is 2.45. The summed E-state index contributed by atoms with van der Waals surface area (Å²) in [7, 11) is 0. The van der Waals surface area contributed by atoms with Gasteiger partial charge in [0.2, 0.25) is 5.91 Å². The Labute approximate surface area is 111 Å². The first-order chi connectivity index (χ1) is 8.85. The summed E-state index contributed by atoms with van der Waals surface area (Å²) in [6.45, 7) is 4.38. The predicted molar refractivity (Wildman–Crippen MR) is 66.5 cm³/mol. The van der Waals surface area contributed by atoms with E-state index in [-0.39, 0.29) is 29.6 Å². The number of nitrogens with zero attached hydrogens (tertiary/aromatic N) is 3. The van der Waals surface area contributed by atoms with Crippen LogP contribution in [-0.2, 0) is 11.3 Å². The molecule has 0 bridgehead atoms. The molecule has 104 valence electrons. The number of rotatable bonds is 4. The Morgan fingerprint density at radius 1 is 1.58 bits per heavy atom. The average molecular weight is 266 g/mol. The van der Waals surface area contributed by atoms with Gasteiger partial charge in [0, 0.05) is 6.04 Å². The van der Waals surface area contributed by atoms with Crippen molar-refractivity contribution in [3.8, 4) is 0 Å². The molecule has 0 aromatic carbocycles. The molecule has 1 unspecified atom stereocenters. The zero-order chi connectivity index (χ0) is 14.0. The highest BCUT2D eigenvalue weighted by molar-refractivity contribution is 5.84. The molecule has 0 saturated heterocycles. The highest BCUT2D eigenvalue weighted by atomic mass is 16.4. The lowest BCUT2D eigenvalue weighted by atomic mass is 9.92. The van der Waals surface area contributed by atoms with Gasteiger partial charge in [-0.25, -0.2) is 9.48 Å². The zero-order valence-corrected chi connectivity index (χ0v) is 11.1. The quantitative estimate of drug-likeness (QED) is 0.834. The Hall–Kier alpha value is -1.92. The van der Waals surface area contributed by atoms with E-state index in [0.717, 1.165) is 19.3 Å². The van der Waals surface area contributed by atoms with E-state index in [0.29, 0.717) is 0 Å². The number of hydrogen-bond acceptors (Lipinski definition) is 4. The lowest BCUT2D eigenvalue weighted by Crippen LogP contribution is -2.36. The Kier molecular flexibility index (Phi) is 3.55. The van der Waals surface area contributed by atoms with Crippen LogP contribution in [0.25, 0.3) is 0 Å². The summed E-state index contributed by atoms with van der Waals surface area (Å²) >= 11 is 0. The minimum Gasteiger partial charge on any atom is -0.476 e. The number of amides is 1. The van der Waals surface area contributed by atoms with E-state index in [1.165, 1.54) is 10.9 Å². The summed E-state index contributed by atoms with van der Waals surface area (Å²) in [5.74, 6) is -1.31. The standard InChI is InChI=1S/C12H18N4O3/c1-12(2)4-3-8(5-12)13-10(17)7-16-6-9(11(18)19)14-15-16/h6,8H,3-5,7H2,1-2H3,(H,13,17)(H,18,19). The molecular weight excluding hydrogens is 248 g/mol. The monoisotopic (exact) mass is 266 g/mol. The summed E-state index contributed by atoms with van der Waals surface area (Å²) in [4.78, 5) is 22.4. The fourth-order valence-corrected chi connectivity index (χ4v) is 2.45. The van der Waals surface area contributed by atoms with Crippen LogP contribution in [0.4, 0.5) is 0 Å². The van der Waals surface area contributed by atoms with Crippen LogP contribution in [0.5, 0.6) is 0 Å². The van der Waals surface area contributed by atoms with Crippen molar-refractivity contribution in [3.63, 3.8) is 0 Å². The molecule has 1 aliphatic carbocycles. The Morgan fingerprint density at radius 2 is 2.32 bits per heavy atom.